The van der Waals surface area contributed by atoms with Crippen LogP contribution < -0.4 is 9.64 Å². The van der Waals surface area contributed by atoms with Gasteiger partial charge in [0.2, 0.25) is 11.7 Å². The molecule has 6 nitrogen and oxygen atoms in total. The van der Waals surface area contributed by atoms with Crippen molar-refractivity contribution in [2.75, 3.05) is 18.6 Å². The van der Waals surface area contributed by atoms with Gasteiger partial charge >= 0.3 is 5.97 Å². The van der Waals surface area contributed by atoms with Crippen LogP contribution in [-0.2, 0) is 14.3 Å². The lowest BCUT2D eigenvalue weighted by Gasteiger charge is -2.19. The number of ketones is 1. The zero-order valence-electron chi connectivity index (χ0n) is 15.9. The number of rotatable bonds is 6. The van der Waals surface area contributed by atoms with Gasteiger partial charge in [-0.1, -0.05) is 29.3 Å². The SMILES string of the molecule is COc1ccc(C(=O)[C@H](C)OC(=O)[C@@H]2CC(=O)N(c3cccc(Cl)c3Cl)C2)cc1. The van der Waals surface area contributed by atoms with Crippen molar-refractivity contribution in [1.29, 1.82) is 0 Å². The average molecular weight is 436 g/mol. The fraction of sp³-hybridized carbons (Fsp3) is 0.286. The second-order valence-corrected chi connectivity index (χ2v) is 7.44. The molecule has 1 saturated heterocycles. The van der Waals surface area contributed by atoms with Gasteiger partial charge in [-0.25, -0.2) is 0 Å². The highest BCUT2D eigenvalue weighted by Gasteiger charge is 2.38. The molecule has 0 spiro atoms. The minimum atomic E-state index is -0.977. The van der Waals surface area contributed by atoms with Crippen LogP contribution >= 0.6 is 23.2 Å². The number of hydrogen-bond donors (Lipinski definition) is 0. The molecule has 1 heterocycles. The van der Waals surface area contributed by atoms with E-state index in [1.54, 1.807) is 42.5 Å². The molecular formula is C21H19Cl2NO5. The molecule has 2 aromatic rings. The highest BCUT2D eigenvalue weighted by atomic mass is 35.5. The molecule has 0 unspecified atom stereocenters. The van der Waals surface area contributed by atoms with Crippen LogP contribution in [0.3, 0.4) is 0 Å². The summed E-state index contributed by atoms with van der Waals surface area (Å²) in [6.07, 6.45) is -1.000. The van der Waals surface area contributed by atoms with Gasteiger partial charge in [-0.15, -0.1) is 0 Å². The Hall–Kier alpha value is -2.57. The monoisotopic (exact) mass is 435 g/mol. The lowest BCUT2D eigenvalue weighted by molar-refractivity contribution is -0.151. The number of esters is 1. The van der Waals surface area contributed by atoms with Crippen LogP contribution in [0.25, 0.3) is 0 Å². The van der Waals surface area contributed by atoms with Crippen LogP contribution in [0.15, 0.2) is 42.5 Å². The summed E-state index contributed by atoms with van der Waals surface area (Å²) in [4.78, 5) is 38.8. The van der Waals surface area contributed by atoms with Crippen LogP contribution in [-0.4, -0.2) is 37.4 Å². The summed E-state index contributed by atoms with van der Waals surface area (Å²) in [5.41, 5.74) is 0.850. The summed E-state index contributed by atoms with van der Waals surface area (Å²) < 4.78 is 10.4. The lowest BCUT2D eigenvalue weighted by Crippen LogP contribution is -2.30. The molecule has 1 aliphatic heterocycles. The van der Waals surface area contributed by atoms with Crippen molar-refractivity contribution >= 4 is 46.5 Å². The van der Waals surface area contributed by atoms with Gasteiger partial charge in [0.05, 0.1) is 28.8 Å². The second-order valence-electron chi connectivity index (χ2n) is 6.65. The fourth-order valence-electron chi connectivity index (χ4n) is 3.11. The van der Waals surface area contributed by atoms with Crippen LogP contribution in [0, 0.1) is 5.92 Å². The van der Waals surface area contributed by atoms with Crippen molar-refractivity contribution in [2.45, 2.75) is 19.4 Å². The van der Waals surface area contributed by atoms with Gasteiger partial charge in [-0.2, -0.15) is 0 Å². The Labute approximate surface area is 178 Å². The van der Waals surface area contributed by atoms with Crippen molar-refractivity contribution in [3.8, 4) is 5.75 Å². The first-order chi connectivity index (χ1) is 13.8. The molecule has 1 aliphatic rings. The topological polar surface area (TPSA) is 72.9 Å². The smallest absolute Gasteiger partial charge is 0.312 e. The number of carbonyl (C=O) groups excluding carboxylic acids is 3. The van der Waals surface area contributed by atoms with Gasteiger partial charge in [0.25, 0.3) is 0 Å². The average Bonchev–Trinajstić information content (AvgIpc) is 3.11. The summed E-state index contributed by atoms with van der Waals surface area (Å²) in [6.45, 7) is 1.62. The maximum atomic E-state index is 12.5. The molecule has 152 valence electrons. The van der Waals surface area contributed by atoms with E-state index in [1.807, 2.05) is 0 Å². The first-order valence-corrected chi connectivity index (χ1v) is 9.70. The minimum absolute atomic E-state index is 0.0227. The van der Waals surface area contributed by atoms with E-state index in [9.17, 15) is 14.4 Å². The number of halogens is 2. The highest BCUT2D eigenvalue weighted by molar-refractivity contribution is 6.44. The van der Waals surface area contributed by atoms with Crippen molar-refractivity contribution < 1.29 is 23.9 Å². The van der Waals surface area contributed by atoms with E-state index < -0.39 is 18.0 Å². The first-order valence-electron chi connectivity index (χ1n) is 8.95. The van der Waals surface area contributed by atoms with E-state index in [4.69, 9.17) is 32.7 Å². The largest absolute Gasteiger partial charge is 0.497 e. The summed E-state index contributed by atoms with van der Waals surface area (Å²) in [5.74, 6) is -1.27. The Morgan fingerprint density at radius 2 is 1.83 bits per heavy atom. The van der Waals surface area contributed by atoms with Crippen molar-refractivity contribution in [3.63, 3.8) is 0 Å². The van der Waals surface area contributed by atoms with Crippen LogP contribution in [0.1, 0.15) is 23.7 Å². The number of carbonyl (C=O) groups is 3. The second kappa shape index (κ2) is 8.84. The molecule has 8 heteroatoms. The van der Waals surface area contributed by atoms with Crippen molar-refractivity contribution in [1.82, 2.24) is 0 Å². The predicted octanol–water partition coefficient (Wildman–Crippen LogP) is 4.17. The highest BCUT2D eigenvalue weighted by Crippen LogP contribution is 2.36. The number of hydrogen-bond acceptors (Lipinski definition) is 5. The summed E-state index contributed by atoms with van der Waals surface area (Å²) >= 11 is 12.2. The molecule has 0 radical (unpaired) electrons. The molecule has 0 aliphatic carbocycles. The third-order valence-electron chi connectivity index (χ3n) is 4.72. The van der Waals surface area contributed by atoms with Crippen LogP contribution in [0.4, 0.5) is 5.69 Å². The third kappa shape index (κ3) is 4.54. The van der Waals surface area contributed by atoms with Crippen molar-refractivity contribution in [2.24, 2.45) is 5.92 Å². The summed E-state index contributed by atoms with van der Waals surface area (Å²) in [5, 5.41) is 0.571. The standard InChI is InChI=1S/C21H19Cl2NO5/c1-12(20(26)13-6-8-15(28-2)9-7-13)29-21(27)14-10-18(25)24(11-14)17-5-3-4-16(22)19(17)23/h3-9,12,14H,10-11H2,1-2H3/t12-,14+/m0/s1. The molecule has 2 aromatic carbocycles. The van der Waals surface area contributed by atoms with Crippen LogP contribution in [0.2, 0.25) is 10.0 Å². The van der Waals surface area contributed by atoms with E-state index in [2.05, 4.69) is 0 Å². The molecule has 29 heavy (non-hydrogen) atoms. The zero-order valence-corrected chi connectivity index (χ0v) is 17.4. The predicted molar refractivity (Wildman–Crippen MR) is 110 cm³/mol. The van der Waals surface area contributed by atoms with Gasteiger partial charge in [0, 0.05) is 18.5 Å². The summed E-state index contributed by atoms with van der Waals surface area (Å²) in [7, 11) is 1.53. The van der Waals surface area contributed by atoms with Crippen LogP contribution in [0.5, 0.6) is 5.75 Å². The van der Waals surface area contributed by atoms with Gasteiger partial charge in [-0.3, -0.25) is 14.4 Å². The van der Waals surface area contributed by atoms with Gasteiger partial charge in [-0.05, 0) is 43.3 Å². The molecule has 0 saturated carbocycles. The van der Waals surface area contributed by atoms with E-state index in [-0.39, 0.29) is 29.7 Å². The Balaban J connectivity index is 1.65. The Morgan fingerprint density at radius 3 is 2.48 bits per heavy atom. The quantitative estimate of drug-likeness (QED) is 0.502. The van der Waals surface area contributed by atoms with Gasteiger partial charge in [0.1, 0.15) is 5.75 Å². The van der Waals surface area contributed by atoms with Gasteiger partial charge in [0.15, 0.2) is 6.10 Å². The molecule has 0 N–H and O–H groups in total. The van der Waals surface area contributed by atoms with Gasteiger partial charge < -0.3 is 14.4 Å². The number of benzene rings is 2. The fourth-order valence-corrected chi connectivity index (χ4v) is 3.51. The number of Topliss-reactive ketones (excluding diaryl/α,β-unsaturated/α-hetero) is 1. The van der Waals surface area contributed by atoms with E-state index in [0.717, 1.165) is 0 Å². The minimum Gasteiger partial charge on any atom is -0.497 e. The number of anilines is 1. The number of methoxy groups -OCH3 is 1. The lowest BCUT2D eigenvalue weighted by atomic mass is 10.1. The number of amides is 1. The first kappa shape index (κ1) is 21.1. The van der Waals surface area contributed by atoms with E-state index in [1.165, 1.54) is 18.9 Å². The van der Waals surface area contributed by atoms with Crippen molar-refractivity contribution in [3.05, 3.63) is 58.1 Å². The Kier molecular flexibility index (Phi) is 6.45. The maximum absolute atomic E-state index is 12.5. The molecule has 1 fully saturated rings. The third-order valence-corrected chi connectivity index (χ3v) is 5.53. The van der Waals surface area contributed by atoms with E-state index in [0.29, 0.717) is 22.0 Å². The molecule has 3 rings (SSSR count). The number of ether oxygens (including phenoxy) is 2. The normalized spacial score (nSPS) is 17.2. The Bertz CT molecular complexity index is 945. The number of nitrogens with zero attached hydrogens (tertiary/aromatic N) is 1. The summed E-state index contributed by atoms with van der Waals surface area (Å²) in [6, 6.07) is 11.5. The molecule has 0 bridgehead atoms. The maximum Gasteiger partial charge on any atom is 0.312 e. The molecule has 1 amide bonds. The van der Waals surface area contributed by atoms with E-state index >= 15 is 0 Å². The molecular weight excluding hydrogens is 417 g/mol. The molecule has 0 aromatic heterocycles. The Morgan fingerprint density at radius 1 is 1.14 bits per heavy atom. The molecule has 2 atom stereocenters. The zero-order chi connectivity index (χ0) is 21.1.